The number of hydrogen-bond donors (Lipinski definition) is 2. The molecule has 1 saturated carbocycles. The van der Waals surface area contributed by atoms with Gasteiger partial charge < -0.3 is 20.1 Å². The quantitative estimate of drug-likeness (QED) is 0.433. The summed E-state index contributed by atoms with van der Waals surface area (Å²) in [5.74, 6) is -2.76. The van der Waals surface area contributed by atoms with E-state index in [1.165, 1.54) is 7.11 Å². The molecule has 2 fully saturated rings. The van der Waals surface area contributed by atoms with Crippen molar-refractivity contribution in [3.05, 3.63) is 0 Å². The van der Waals surface area contributed by atoms with Crippen LogP contribution in [0, 0.1) is 11.8 Å². The van der Waals surface area contributed by atoms with E-state index in [1.807, 2.05) is 13.8 Å². The van der Waals surface area contributed by atoms with Gasteiger partial charge in [0.25, 0.3) is 11.8 Å². The van der Waals surface area contributed by atoms with Gasteiger partial charge in [-0.2, -0.15) is 0 Å². The van der Waals surface area contributed by atoms with Crippen LogP contribution in [0.1, 0.15) is 52.9 Å². The second-order valence-corrected chi connectivity index (χ2v) is 8.05. The lowest BCUT2D eigenvalue weighted by Gasteiger charge is -2.36. The number of nitrogens with zero attached hydrogens (tertiary/aromatic N) is 1. The van der Waals surface area contributed by atoms with Crippen molar-refractivity contribution in [3.63, 3.8) is 0 Å². The van der Waals surface area contributed by atoms with Crippen LogP contribution < -0.4 is 10.6 Å². The fourth-order valence-corrected chi connectivity index (χ4v) is 3.97. The minimum atomic E-state index is -0.961. The van der Waals surface area contributed by atoms with Gasteiger partial charge in [-0.05, 0) is 24.7 Å². The number of rotatable bonds is 8. The van der Waals surface area contributed by atoms with Crippen molar-refractivity contribution in [3.8, 4) is 0 Å². The van der Waals surface area contributed by atoms with E-state index < -0.39 is 54.5 Å². The molecule has 0 aromatic rings. The third kappa shape index (κ3) is 4.91. The van der Waals surface area contributed by atoms with Crippen LogP contribution in [0.4, 0.5) is 4.79 Å². The predicted molar refractivity (Wildman–Crippen MR) is 105 cm³/mol. The molecule has 2 N–H and O–H groups in total. The zero-order valence-electron chi connectivity index (χ0n) is 18.0. The molecule has 2 aliphatic rings. The summed E-state index contributed by atoms with van der Waals surface area (Å²) in [5.41, 5.74) is -0.961. The number of nitrogens with one attached hydrogen (secondary N) is 2. The second kappa shape index (κ2) is 9.90. The Bertz CT molecular complexity index is 711. The van der Waals surface area contributed by atoms with E-state index in [0.717, 1.165) is 24.2 Å². The SMILES string of the molecule is CC[C@@H](C)[C@H](NC(=O)COC(=O)CN1C(=O)N[C@]2(CCCC[C@@H]2C)C1=O)C(=O)OC. The van der Waals surface area contributed by atoms with E-state index in [0.29, 0.717) is 12.8 Å². The van der Waals surface area contributed by atoms with Gasteiger partial charge in [-0.15, -0.1) is 0 Å². The summed E-state index contributed by atoms with van der Waals surface area (Å²) >= 11 is 0. The number of hydrogen-bond acceptors (Lipinski definition) is 7. The lowest BCUT2D eigenvalue weighted by molar-refractivity contribution is -0.153. The zero-order valence-corrected chi connectivity index (χ0v) is 18.0. The molecule has 0 aromatic carbocycles. The smallest absolute Gasteiger partial charge is 0.328 e. The molecule has 0 unspecified atom stereocenters. The first-order chi connectivity index (χ1) is 14.2. The molecule has 168 valence electrons. The van der Waals surface area contributed by atoms with Crippen molar-refractivity contribution in [1.29, 1.82) is 0 Å². The largest absolute Gasteiger partial charge is 0.467 e. The number of methoxy groups -OCH3 is 1. The van der Waals surface area contributed by atoms with Gasteiger partial charge in [-0.1, -0.05) is 40.0 Å². The molecular formula is C20H31N3O7. The number of amides is 4. The van der Waals surface area contributed by atoms with E-state index in [9.17, 15) is 24.0 Å². The maximum Gasteiger partial charge on any atom is 0.328 e. The normalized spacial score (nSPS) is 25.5. The number of carbonyl (C=O) groups excluding carboxylic acids is 5. The molecule has 1 aliphatic carbocycles. The molecule has 10 heteroatoms. The van der Waals surface area contributed by atoms with E-state index >= 15 is 0 Å². The van der Waals surface area contributed by atoms with Gasteiger partial charge in [-0.3, -0.25) is 19.3 Å². The Kier molecular flexibility index (Phi) is 7.80. The van der Waals surface area contributed by atoms with Gasteiger partial charge >= 0.3 is 18.0 Å². The Balaban J connectivity index is 1.89. The predicted octanol–water partition coefficient (Wildman–Crippen LogP) is 0.734. The molecule has 0 aromatic heterocycles. The Labute approximate surface area is 176 Å². The van der Waals surface area contributed by atoms with Crippen molar-refractivity contribution in [2.75, 3.05) is 20.3 Å². The Hall–Kier alpha value is -2.65. The number of ether oxygens (including phenoxy) is 2. The third-order valence-corrected chi connectivity index (χ3v) is 6.14. The van der Waals surface area contributed by atoms with Crippen LogP contribution in [0.5, 0.6) is 0 Å². The van der Waals surface area contributed by atoms with Crippen molar-refractivity contribution >= 4 is 29.8 Å². The monoisotopic (exact) mass is 425 g/mol. The molecular weight excluding hydrogens is 394 g/mol. The second-order valence-electron chi connectivity index (χ2n) is 8.05. The summed E-state index contributed by atoms with van der Waals surface area (Å²) in [4.78, 5) is 62.1. The highest BCUT2D eigenvalue weighted by Crippen LogP contribution is 2.38. The van der Waals surface area contributed by atoms with E-state index in [-0.39, 0.29) is 11.8 Å². The molecule has 4 amide bonds. The van der Waals surface area contributed by atoms with Gasteiger partial charge in [0.1, 0.15) is 18.1 Å². The first-order valence-corrected chi connectivity index (χ1v) is 10.3. The molecule has 30 heavy (non-hydrogen) atoms. The van der Waals surface area contributed by atoms with E-state index in [4.69, 9.17) is 4.74 Å². The highest BCUT2D eigenvalue weighted by molar-refractivity contribution is 6.09. The van der Waals surface area contributed by atoms with Crippen LogP contribution in [-0.2, 0) is 28.7 Å². The lowest BCUT2D eigenvalue weighted by atomic mass is 9.73. The van der Waals surface area contributed by atoms with Gasteiger partial charge in [0.05, 0.1) is 7.11 Å². The van der Waals surface area contributed by atoms with Crippen molar-refractivity contribution in [1.82, 2.24) is 15.5 Å². The lowest BCUT2D eigenvalue weighted by Crippen LogP contribution is -2.54. The molecule has 1 heterocycles. The standard InChI is InChI=1S/C20H31N3O7/c1-5-12(2)16(17(26)29-4)21-14(24)11-30-15(25)10-23-18(27)20(22-19(23)28)9-7-6-8-13(20)3/h12-13,16H,5-11H2,1-4H3,(H,21,24)(H,22,28)/t12-,13+,16+,20+/m1/s1. The summed E-state index contributed by atoms with van der Waals surface area (Å²) in [5, 5.41) is 5.24. The van der Waals surface area contributed by atoms with Crippen molar-refractivity contribution < 1.29 is 33.4 Å². The average molecular weight is 425 g/mol. The molecule has 1 spiro atoms. The highest BCUT2D eigenvalue weighted by Gasteiger charge is 2.55. The minimum absolute atomic E-state index is 0.0229. The third-order valence-electron chi connectivity index (χ3n) is 6.14. The van der Waals surface area contributed by atoms with Crippen LogP contribution in [0.3, 0.4) is 0 Å². The molecule has 4 atom stereocenters. The first kappa shape index (κ1) is 23.6. The highest BCUT2D eigenvalue weighted by atomic mass is 16.5. The number of imide groups is 1. The van der Waals surface area contributed by atoms with E-state index in [1.54, 1.807) is 6.92 Å². The Morgan fingerprint density at radius 2 is 2.00 bits per heavy atom. The van der Waals surface area contributed by atoms with Crippen LogP contribution in [0.25, 0.3) is 0 Å². The van der Waals surface area contributed by atoms with Gasteiger partial charge in [-0.25, -0.2) is 9.59 Å². The zero-order chi connectivity index (χ0) is 22.5. The summed E-state index contributed by atoms with van der Waals surface area (Å²) in [6.45, 7) is 4.36. The maximum absolute atomic E-state index is 12.8. The van der Waals surface area contributed by atoms with Gasteiger partial charge in [0, 0.05) is 0 Å². The van der Waals surface area contributed by atoms with Crippen molar-refractivity contribution in [2.45, 2.75) is 64.5 Å². The average Bonchev–Trinajstić information content (AvgIpc) is 2.96. The number of esters is 2. The maximum atomic E-state index is 12.8. The summed E-state index contributed by atoms with van der Waals surface area (Å²) in [6, 6.07) is -1.48. The number of carbonyl (C=O) groups is 5. The number of urea groups is 1. The molecule has 0 radical (unpaired) electrons. The molecule has 0 bridgehead atoms. The molecule has 1 saturated heterocycles. The van der Waals surface area contributed by atoms with Crippen LogP contribution in [0.15, 0.2) is 0 Å². The summed E-state index contributed by atoms with van der Waals surface area (Å²) in [7, 11) is 1.22. The fraction of sp³-hybridized carbons (Fsp3) is 0.750. The van der Waals surface area contributed by atoms with Gasteiger partial charge in [0.15, 0.2) is 6.61 Å². The Morgan fingerprint density at radius 1 is 1.30 bits per heavy atom. The topological polar surface area (TPSA) is 131 Å². The van der Waals surface area contributed by atoms with Crippen LogP contribution in [0.2, 0.25) is 0 Å². The summed E-state index contributed by atoms with van der Waals surface area (Å²) < 4.78 is 9.60. The van der Waals surface area contributed by atoms with E-state index in [2.05, 4.69) is 15.4 Å². The molecule has 10 nitrogen and oxygen atoms in total. The molecule has 1 aliphatic heterocycles. The fourth-order valence-electron chi connectivity index (χ4n) is 3.97. The molecule has 2 rings (SSSR count). The summed E-state index contributed by atoms with van der Waals surface area (Å²) in [6.07, 6.45) is 3.81. The van der Waals surface area contributed by atoms with Crippen LogP contribution >= 0.6 is 0 Å². The van der Waals surface area contributed by atoms with Crippen molar-refractivity contribution in [2.24, 2.45) is 11.8 Å². The first-order valence-electron chi connectivity index (χ1n) is 10.3. The van der Waals surface area contributed by atoms with Crippen LogP contribution in [-0.4, -0.2) is 66.5 Å². The minimum Gasteiger partial charge on any atom is -0.467 e. The van der Waals surface area contributed by atoms with Gasteiger partial charge in [0.2, 0.25) is 0 Å². The Morgan fingerprint density at radius 3 is 2.60 bits per heavy atom.